The van der Waals surface area contributed by atoms with Gasteiger partial charge >= 0.3 is 5.97 Å². The molecule has 13 nitrogen and oxygen atoms in total. The molecule has 0 unspecified atom stereocenters. The summed E-state index contributed by atoms with van der Waals surface area (Å²) in [5, 5.41) is 31.1. The number of benzene rings is 1. The van der Waals surface area contributed by atoms with Crippen LogP contribution < -0.4 is 16.0 Å². The van der Waals surface area contributed by atoms with Crippen molar-refractivity contribution in [3.05, 3.63) is 62.6 Å². The maximum Gasteiger partial charge on any atom is 0.336 e. The van der Waals surface area contributed by atoms with E-state index in [1.54, 1.807) is 13.0 Å². The fraction of sp³-hybridized carbons (Fsp3) is 0.250. The molecule has 1 aromatic carbocycles. The van der Waals surface area contributed by atoms with Gasteiger partial charge < -0.3 is 15.8 Å². The average Bonchev–Trinajstić information content (AvgIpc) is 3.20. The van der Waals surface area contributed by atoms with Gasteiger partial charge in [0.05, 0.1) is 34.7 Å². The number of anilines is 2. The summed E-state index contributed by atoms with van der Waals surface area (Å²) in [4.78, 5) is 36.5. The second-order valence-corrected chi connectivity index (χ2v) is 6.87. The highest BCUT2D eigenvalue weighted by Crippen LogP contribution is 2.43. The molecule has 13 heteroatoms. The van der Waals surface area contributed by atoms with E-state index in [2.05, 4.69) is 15.6 Å². The number of non-ortho nitro benzene ring substituents is 1. The Bertz CT molecular complexity index is 1240. The minimum atomic E-state index is -1.05. The molecule has 1 amide bonds. The van der Waals surface area contributed by atoms with E-state index >= 15 is 0 Å². The number of nitriles is 1. The van der Waals surface area contributed by atoms with Gasteiger partial charge in [0.25, 0.3) is 5.69 Å². The lowest BCUT2D eigenvalue weighted by Gasteiger charge is -2.34. The molecular formula is C20H19N7O6. The zero-order valence-electron chi connectivity index (χ0n) is 17.9. The maximum atomic E-state index is 13.0. The molecule has 33 heavy (non-hydrogen) atoms. The lowest BCUT2D eigenvalue weighted by Crippen LogP contribution is -2.37. The topological polar surface area (TPSA) is 191 Å². The first-order valence-corrected chi connectivity index (χ1v) is 9.63. The number of nitrogens with two attached hydrogens (primary N) is 1. The molecular weight excluding hydrogens is 434 g/mol. The molecule has 2 aromatic rings. The van der Waals surface area contributed by atoms with Crippen molar-refractivity contribution in [2.75, 3.05) is 16.8 Å². The van der Waals surface area contributed by atoms with Crippen molar-refractivity contribution in [2.45, 2.75) is 26.7 Å². The maximum absolute atomic E-state index is 13.0. The highest BCUT2D eigenvalue weighted by molar-refractivity contribution is 5.96. The molecule has 1 aliphatic rings. The summed E-state index contributed by atoms with van der Waals surface area (Å²) in [5.41, 5.74) is 6.54. The van der Waals surface area contributed by atoms with Crippen molar-refractivity contribution >= 4 is 29.2 Å². The number of carbonyl (C=O) groups is 2. The van der Waals surface area contributed by atoms with Crippen LogP contribution in [0.15, 0.2) is 51.6 Å². The summed E-state index contributed by atoms with van der Waals surface area (Å²) < 4.78 is 9.94. The minimum absolute atomic E-state index is 0.0138. The van der Waals surface area contributed by atoms with Crippen molar-refractivity contribution < 1.29 is 23.9 Å². The molecule has 1 aliphatic heterocycles. The van der Waals surface area contributed by atoms with Crippen LogP contribution in [0.3, 0.4) is 0 Å². The van der Waals surface area contributed by atoms with Gasteiger partial charge in [-0.2, -0.15) is 5.26 Å². The van der Waals surface area contributed by atoms with Crippen molar-refractivity contribution in [2.24, 2.45) is 5.73 Å². The van der Waals surface area contributed by atoms with Crippen molar-refractivity contribution in [1.29, 1.82) is 5.26 Å². The molecule has 0 saturated heterocycles. The third-order valence-corrected chi connectivity index (χ3v) is 4.83. The number of ether oxygens (including phenoxy) is 1. The number of hydrogen-bond donors (Lipinski definition) is 2. The van der Waals surface area contributed by atoms with Gasteiger partial charge in [-0.25, -0.2) is 9.42 Å². The quantitative estimate of drug-likeness (QED) is 0.370. The van der Waals surface area contributed by atoms with Gasteiger partial charge in [-0.05, 0) is 29.7 Å². The number of nitrogens with one attached hydrogen (secondary N) is 1. The number of hydrogen-bond acceptors (Lipinski definition) is 11. The number of nitrogens with zero attached hydrogens (tertiary/aromatic N) is 5. The third-order valence-electron chi connectivity index (χ3n) is 4.83. The first-order chi connectivity index (χ1) is 15.7. The Kier molecular flexibility index (Phi) is 6.38. The smallest absolute Gasteiger partial charge is 0.336 e. The Morgan fingerprint density at radius 3 is 2.76 bits per heavy atom. The zero-order chi connectivity index (χ0) is 24.3. The molecule has 0 aliphatic carbocycles. The van der Waals surface area contributed by atoms with E-state index in [-0.39, 0.29) is 46.6 Å². The van der Waals surface area contributed by atoms with E-state index in [0.29, 0.717) is 5.56 Å². The Hall–Kier alpha value is -4.73. The lowest BCUT2D eigenvalue weighted by molar-refractivity contribution is -0.384. The minimum Gasteiger partial charge on any atom is -0.463 e. The highest BCUT2D eigenvalue weighted by Gasteiger charge is 2.40. The van der Waals surface area contributed by atoms with E-state index < -0.39 is 22.7 Å². The average molecular weight is 453 g/mol. The highest BCUT2D eigenvalue weighted by atomic mass is 16.6. The molecule has 1 atom stereocenters. The molecule has 2 heterocycles. The van der Waals surface area contributed by atoms with Crippen LogP contribution in [0.25, 0.3) is 0 Å². The van der Waals surface area contributed by atoms with Gasteiger partial charge in [0, 0.05) is 24.8 Å². The number of aromatic nitrogens is 2. The second kappa shape index (κ2) is 9.18. The second-order valence-electron chi connectivity index (χ2n) is 6.87. The Morgan fingerprint density at radius 2 is 2.15 bits per heavy atom. The monoisotopic (exact) mass is 453 g/mol. The normalized spacial score (nSPS) is 15.8. The Labute approximate surface area is 187 Å². The van der Waals surface area contributed by atoms with Crippen molar-refractivity contribution in [3.63, 3.8) is 0 Å². The number of nitro benzene ring substituents is 1. The van der Waals surface area contributed by atoms with E-state index in [1.165, 1.54) is 36.9 Å². The molecule has 0 radical (unpaired) electrons. The van der Waals surface area contributed by atoms with E-state index in [1.807, 2.05) is 6.07 Å². The first-order valence-electron chi connectivity index (χ1n) is 9.63. The van der Waals surface area contributed by atoms with Crippen LogP contribution in [0, 0.1) is 21.4 Å². The van der Waals surface area contributed by atoms with E-state index in [0.717, 1.165) is 0 Å². The van der Waals surface area contributed by atoms with Crippen molar-refractivity contribution in [3.8, 4) is 6.07 Å². The van der Waals surface area contributed by atoms with Crippen LogP contribution in [0.2, 0.25) is 0 Å². The van der Waals surface area contributed by atoms with Gasteiger partial charge in [0.15, 0.2) is 0 Å². The van der Waals surface area contributed by atoms with Crippen LogP contribution in [0.1, 0.15) is 32.3 Å². The number of allylic oxidation sites excluding steroid dienone is 2. The molecule has 0 bridgehead atoms. The fourth-order valence-electron chi connectivity index (χ4n) is 3.52. The summed E-state index contributed by atoms with van der Waals surface area (Å²) in [6.07, 6.45) is 0. The van der Waals surface area contributed by atoms with E-state index in [9.17, 15) is 25.0 Å². The molecule has 3 rings (SSSR count). The molecule has 170 valence electrons. The predicted octanol–water partition coefficient (Wildman–Crippen LogP) is 2.07. The zero-order valence-corrected chi connectivity index (χ0v) is 17.9. The van der Waals surface area contributed by atoms with Gasteiger partial charge in [0.2, 0.25) is 17.5 Å². The van der Waals surface area contributed by atoms with Crippen LogP contribution in [0.4, 0.5) is 17.3 Å². The van der Waals surface area contributed by atoms with E-state index in [4.69, 9.17) is 15.1 Å². The van der Waals surface area contributed by atoms with Crippen LogP contribution in [-0.4, -0.2) is 33.7 Å². The first kappa shape index (κ1) is 22.9. The molecule has 0 spiro atoms. The summed E-state index contributed by atoms with van der Waals surface area (Å²) in [5.74, 6) is -2.54. The number of rotatable bonds is 6. The molecule has 3 N–H and O–H groups in total. The van der Waals surface area contributed by atoms with Crippen LogP contribution in [-0.2, 0) is 14.3 Å². The molecule has 1 aromatic heterocycles. The van der Waals surface area contributed by atoms with Gasteiger partial charge in [-0.3, -0.25) is 19.8 Å². The molecule has 0 saturated carbocycles. The summed E-state index contributed by atoms with van der Waals surface area (Å²) in [6, 6.07) is 7.53. The Balaban J connectivity index is 2.28. The van der Waals surface area contributed by atoms with Crippen molar-refractivity contribution in [1.82, 2.24) is 10.3 Å². The largest absolute Gasteiger partial charge is 0.463 e. The number of amides is 1. The van der Waals surface area contributed by atoms with Gasteiger partial charge in [-0.1, -0.05) is 12.1 Å². The Morgan fingerprint density at radius 1 is 1.42 bits per heavy atom. The SMILES string of the molecule is CCOC(=O)C1=C(C)N(c2nonc2NC(C)=O)C(N)=C(C#N)[C@H]1c1cccc([N+](=O)[O-])c1. The van der Waals surface area contributed by atoms with Gasteiger partial charge in [0.1, 0.15) is 5.82 Å². The molecule has 0 fully saturated rings. The summed E-state index contributed by atoms with van der Waals surface area (Å²) in [6.45, 7) is 4.44. The van der Waals surface area contributed by atoms with Crippen LogP contribution >= 0.6 is 0 Å². The fourth-order valence-corrected chi connectivity index (χ4v) is 3.52. The summed E-state index contributed by atoms with van der Waals surface area (Å²) in [7, 11) is 0. The summed E-state index contributed by atoms with van der Waals surface area (Å²) >= 11 is 0. The number of carbonyl (C=O) groups excluding carboxylic acids is 2. The van der Waals surface area contributed by atoms with Crippen LogP contribution in [0.5, 0.6) is 0 Å². The van der Waals surface area contributed by atoms with Gasteiger partial charge in [-0.15, -0.1) is 0 Å². The third kappa shape index (κ3) is 4.22. The number of nitro groups is 1. The number of esters is 1. The lowest BCUT2D eigenvalue weighted by atomic mass is 9.81. The predicted molar refractivity (Wildman–Crippen MR) is 113 cm³/mol. The standard InChI is InChI=1S/C20H19N7O6/c1-4-32-20(29)15-10(2)26(19-18(23-11(3)28)24-33-25-19)17(22)14(9-21)16(15)12-6-5-7-13(8-12)27(30)31/h5-8,16H,4,22H2,1-3H3,(H,23,24,28)/t16-/m1/s1.